The van der Waals surface area contributed by atoms with Crippen LogP contribution in [0, 0.1) is 0 Å². The van der Waals surface area contributed by atoms with Gasteiger partial charge in [-0.3, -0.25) is 0 Å². The molecule has 0 saturated carbocycles. The van der Waals surface area contributed by atoms with Gasteiger partial charge in [0.2, 0.25) is 0 Å². The average molecular weight is 603 g/mol. The minimum Gasteiger partial charge on any atom is -0.422 e. The molecule has 0 aliphatic rings. The summed E-state index contributed by atoms with van der Waals surface area (Å²) in [6.07, 6.45) is 0. The van der Waals surface area contributed by atoms with E-state index >= 15 is 0 Å². The van der Waals surface area contributed by atoms with Gasteiger partial charge in [0, 0.05) is 38.3 Å². The van der Waals surface area contributed by atoms with E-state index in [9.17, 15) is 4.79 Å². The van der Waals surface area contributed by atoms with Gasteiger partial charge in [0.1, 0.15) is 5.58 Å². The Balaban J connectivity index is 1.25. The fourth-order valence-corrected chi connectivity index (χ4v) is 7.43. The summed E-state index contributed by atoms with van der Waals surface area (Å²) in [5.41, 5.74) is 9.30. The number of rotatable bonds is 3. The van der Waals surface area contributed by atoms with E-state index in [2.05, 4.69) is 130 Å². The molecule has 47 heavy (non-hydrogen) atoms. The molecule has 0 unspecified atom stereocenters. The minimum absolute atomic E-state index is 0.317. The molecule has 0 spiro atoms. The molecule has 7 aromatic carbocycles. The normalized spacial score (nSPS) is 11.9. The van der Waals surface area contributed by atoms with Gasteiger partial charge in [-0.25, -0.2) is 4.79 Å². The van der Waals surface area contributed by atoms with E-state index in [1.165, 1.54) is 21.8 Å². The van der Waals surface area contributed by atoms with Crippen LogP contribution in [0.5, 0.6) is 0 Å². The zero-order valence-corrected chi connectivity index (χ0v) is 25.2. The fraction of sp³-hybridized carbons (Fsp3) is 0. The zero-order valence-electron chi connectivity index (χ0n) is 25.2. The highest BCUT2D eigenvalue weighted by atomic mass is 16.4. The Hall–Kier alpha value is -6.39. The molecule has 220 valence electrons. The highest BCUT2D eigenvalue weighted by molar-refractivity contribution is 6.17. The third-order valence-corrected chi connectivity index (χ3v) is 9.54. The Labute approximate surface area is 268 Å². The maximum atomic E-state index is 13.0. The Morgan fingerprint density at radius 3 is 1.51 bits per heavy atom. The van der Waals surface area contributed by atoms with Crippen molar-refractivity contribution in [1.82, 2.24) is 9.13 Å². The molecule has 0 amide bonds. The molecule has 0 saturated heterocycles. The molecule has 3 aromatic heterocycles. The molecular formula is C43H26N2O2. The predicted octanol–water partition coefficient (Wildman–Crippen LogP) is 10.8. The molecule has 0 radical (unpaired) electrons. The highest BCUT2D eigenvalue weighted by Crippen LogP contribution is 2.40. The molecule has 0 N–H and O–H groups in total. The van der Waals surface area contributed by atoms with Crippen LogP contribution >= 0.6 is 0 Å². The molecule has 0 aliphatic carbocycles. The summed E-state index contributed by atoms with van der Waals surface area (Å²) in [6.45, 7) is 0. The summed E-state index contributed by atoms with van der Waals surface area (Å²) in [7, 11) is 0. The van der Waals surface area contributed by atoms with E-state index in [0.29, 0.717) is 11.0 Å². The molecule has 0 aliphatic heterocycles. The second-order valence-electron chi connectivity index (χ2n) is 12.1. The summed E-state index contributed by atoms with van der Waals surface area (Å²) in [4.78, 5) is 13.0. The van der Waals surface area contributed by atoms with Crippen LogP contribution in [0.2, 0.25) is 0 Å². The first kappa shape index (κ1) is 25.9. The van der Waals surface area contributed by atoms with Crippen molar-refractivity contribution in [2.24, 2.45) is 0 Å². The maximum Gasteiger partial charge on any atom is 0.344 e. The van der Waals surface area contributed by atoms with Gasteiger partial charge in [-0.2, -0.15) is 0 Å². The quantitative estimate of drug-likeness (QED) is 0.149. The van der Waals surface area contributed by atoms with Gasteiger partial charge >= 0.3 is 5.63 Å². The van der Waals surface area contributed by atoms with Crippen LogP contribution in [0.3, 0.4) is 0 Å². The van der Waals surface area contributed by atoms with Crippen LogP contribution < -0.4 is 5.63 Å². The SMILES string of the molecule is O=c1oc2cc3c4cc(-c5ccc6c(c5)c5ccccc5n6-c5ccccc5)ccc4n(-c4ccccc4)c3cc2c2ccccc12. The minimum atomic E-state index is -0.317. The van der Waals surface area contributed by atoms with E-state index in [4.69, 9.17) is 4.42 Å². The highest BCUT2D eigenvalue weighted by Gasteiger charge is 2.18. The van der Waals surface area contributed by atoms with Crippen molar-refractivity contribution in [3.05, 3.63) is 168 Å². The number of fused-ring (bicyclic) bond motifs is 9. The smallest absolute Gasteiger partial charge is 0.344 e. The fourth-order valence-electron chi connectivity index (χ4n) is 7.43. The van der Waals surface area contributed by atoms with Crippen molar-refractivity contribution in [1.29, 1.82) is 0 Å². The summed E-state index contributed by atoms with van der Waals surface area (Å²) in [5, 5.41) is 7.00. The molecule has 4 heteroatoms. The Kier molecular flexibility index (Phi) is 5.40. The number of aromatic nitrogens is 2. The molecule has 10 rings (SSSR count). The first-order valence-electron chi connectivity index (χ1n) is 15.8. The van der Waals surface area contributed by atoms with Crippen molar-refractivity contribution in [3.63, 3.8) is 0 Å². The second-order valence-corrected chi connectivity index (χ2v) is 12.1. The zero-order chi connectivity index (χ0) is 31.1. The summed E-state index contributed by atoms with van der Waals surface area (Å²) in [5.74, 6) is 0. The topological polar surface area (TPSA) is 40.1 Å². The first-order chi connectivity index (χ1) is 23.2. The van der Waals surface area contributed by atoms with Gasteiger partial charge in [0.15, 0.2) is 0 Å². The molecule has 0 fully saturated rings. The number of hydrogen-bond donors (Lipinski definition) is 0. The third kappa shape index (κ3) is 3.79. The average Bonchev–Trinajstić information content (AvgIpc) is 3.63. The number of nitrogens with zero attached hydrogens (tertiary/aromatic N) is 2. The number of hydrogen-bond acceptors (Lipinski definition) is 2. The lowest BCUT2D eigenvalue weighted by molar-refractivity contribution is 0.570. The van der Waals surface area contributed by atoms with E-state index in [1.54, 1.807) is 0 Å². The van der Waals surface area contributed by atoms with Crippen LogP contribution in [0.4, 0.5) is 0 Å². The molecular weight excluding hydrogens is 576 g/mol. The Bertz CT molecular complexity index is 2910. The van der Waals surface area contributed by atoms with E-state index in [-0.39, 0.29) is 5.63 Å². The van der Waals surface area contributed by atoms with Gasteiger partial charge in [0.25, 0.3) is 0 Å². The Morgan fingerprint density at radius 1 is 0.362 bits per heavy atom. The monoisotopic (exact) mass is 602 g/mol. The van der Waals surface area contributed by atoms with Gasteiger partial charge < -0.3 is 13.6 Å². The lowest BCUT2D eigenvalue weighted by atomic mass is 10.00. The van der Waals surface area contributed by atoms with Crippen molar-refractivity contribution in [2.45, 2.75) is 0 Å². The van der Waals surface area contributed by atoms with Gasteiger partial charge in [-0.15, -0.1) is 0 Å². The number of benzene rings is 7. The molecule has 3 heterocycles. The van der Waals surface area contributed by atoms with Crippen LogP contribution in [-0.4, -0.2) is 9.13 Å². The summed E-state index contributed by atoms with van der Waals surface area (Å²) >= 11 is 0. The van der Waals surface area contributed by atoms with Crippen LogP contribution in [-0.2, 0) is 0 Å². The molecule has 4 nitrogen and oxygen atoms in total. The summed E-state index contributed by atoms with van der Waals surface area (Å²) in [6, 6.07) is 55.0. The second kappa shape index (κ2) is 9.80. The van der Waals surface area contributed by atoms with Crippen LogP contribution in [0.1, 0.15) is 0 Å². The lowest BCUT2D eigenvalue weighted by Crippen LogP contribution is -1.99. The first-order valence-corrected chi connectivity index (χ1v) is 15.8. The van der Waals surface area contributed by atoms with Crippen molar-refractivity contribution in [2.75, 3.05) is 0 Å². The van der Waals surface area contributed by atoms with Crippen molar-refractivity contribution < 1.29 is 4.42 Å². The van der Waals surface area contributed by atoms with Crippen LogP contribution in [0.25, 0.3) is 87.9 Å². The standard InChI is InChI=1S/C43H26N2O2/c46-43-33-17-8-7-15-31(33)37-25-41-36(26-42(37)47-43)35-24-28(20-22-40(35)45(41)30-13-5-2-6-14-30)27-19-21-39-34(23-27)32-16-9-10-18-38(32)44(39)29-11-3-1-4-12-29/h1-26H. The molecule has 0 atom stereocenters. The predicted molar refractivity (Wildman–Crippen MR) is 194 cm³/mol. The molecule has 0 bridgehead atoms. The summed E-state index contributed by atoms with van der Waals surface area (Å²) < 4.78 is 10.6. The van der Waals surface area contributed by atoms with Gasteiger partial charge in [-0.1, -0.05) is 84.9 Å². The third-order valence-electron chi connectivity index (χ3n) is 9.54. The van der Waals surface area contributed by atoms with Crippen LogP contribution in [0.15, 0.2) is 167 Å². The largest absolute Gasteiger partial charge is 0.422 e. The van der Waals surface area contributed by atoms with E-state index < -0.39 is 0 Å². The number of para-hydroxylation sites is 3. The van der Waals surface area contributed by atoms with Crippen molar-refractivity contribution >= 4 is 65.4 Å². The van der Waals surface area contributed by atoms with Crippen molar-refractivity contribution in [3.8, 4) is 22.5 Å². The Morgan fingerprint density at radius 2 is 0.851 bits per heavy atom. The maximum absolute atomic E-state index is 13.0. The van der Waals surface area contributed by atoms with E-state index in [1.807, 2.05) is 36.4 Å². The van der Waals surface area contributed by atoms with E-state index in [0.717, 1.165) is 55.1 Å². The lowest BCUT2D eigenvalue weighted by Gasteiger charge is -2.09. The van der Waals surface area contributed by atoms with Gasteiger partial charge in [0.05, 0.1) is 27.5 Å². The van der Waals surface area contributed by atoms with Gasteiger partial charge in [-0.05, 0) is 89.3 Å². The molecule has 10 aromatic rings.